The first-order valence-corrected chi connectivity index (χ1v) is 8.55. The number of thioether (sulfide) groups is 1. The van der Waals surface area contributed by atoms with Crippen LogP contribution in [0, 0.1) is 0 Å². The molecule has 1 aromatic heterocycles. The van der Waals surface area contributed by atoms with Crippen molar-refractivity contribution >= 4 is 34.1 Å². The number of rotatable bonds is 5. The number of benzene rings is 2. The van der Waals surface area contributed by atoms with E-state index in [0.717, 1.165) is 28.2 Å². The Morgan fingerprint density at radius 1 is 1.24 bits per heavy atom. The Bertz CT molecular complexity index is 966. The molecule has 0 bridgehead atoms. The number of anilines is 1. The van der Waals surface area contributed by atoms with Crippen molar-refractivity contribution in [1.29, 1.82) is 0 Å². The third-order valence-corrected chi connectivity index (χ3v) is 4.59. The van der Waals surface area contributed by atoms with Gasteiger partial charge in [0.15, 0.2) is 5.16 Å². The molecule has 0 radical (unpaired) electrons. The van der Waals surface area contributed by atoms with Gasteiger partial charge in [0.05, 0.1) is 18.4 Å². The summed E-state index contributed by atoms with van der Waals surface area (Å²) in [6, 6.07) is 14.9. The largest absolute Gasteiger partial charge is 0.481 e. The van der Waals surface area contributed by atoms with Gasteiger partial charge in [0, 0.05) is 11.1 Å². The highest BCUT2D eigenvalue weighted by molar-refractivity contribution is 8.00. The molecule has 3 aromatic rings. The Hall–Kier alpha value is -2.80. The van der Waals surface area contributed by atoms with Gasteiger partial charge in [-0.1, -0.05) is 48.2 Å². The van der Waals surface area contributed by atoms with E-state index in [2.05, 4.69) is 15.3 Å². The Kier molecular flexibility index (Phi) is 5.04. The van der Waals surface area contributed by atoms with Crippen molar-refractivity contribution in [2.45, 2.75) is 17.3 Å². The minimum atomic E-state index is -0.450. The maximum Gasteiger partial charge on any atom is 0.255 e. The molecule has 0 saturated carbocycles. The quantitative estimate of drug-likeness (QED) is 0.543. The number of H-pyrrole nitrogens is 1. The second-order valence-corrected chi connectivity index (χ2v) is 6.70. The molecular weight excluding hydrogens is 338 g/mol. The molecule has 0 saturated heterocycles. The second-order valence-electron chi connectivity index (χ2n) is 5.37. The van der Waals surface area contributed by atoms with Gasteiger partial charge >= 0.3 is 0 Å². The Morgan fingerprint density at radius 3 is 2.80 bits per heavy atom. The molecule has 1 amide bonds. The van der Waals surface area contributed by atoms with Gasteiger partial charge < -0.3 is 15.0 Å². The first-order chi connectivity index (χ1) is 12.1. The van der Waals surface area contributed by atoms with Crippen molar-refractivity contribution < 1.29 is 9.53 Å². The summed E-state index contributed by atoms with van der Waals surface area (Å²) in [4.78, 5) is 30.8. The first-order valence-electron chi connectivity index (χ1n) is 7.67. The van der Waals surface area contributed by atoms with E-state index in [1.54, 1.807) is 6.92 Å². The molecule has 0 aliphatic rings. The molecule has 0 aliphatic heterocycles. The number of hydrogen-bond donors (Lipinski definition) is 2. The SMILES string of the molecule is COc1cc(=O)[nH]c(S[C@@H](C)C(=O)Nc2cccc3ccccc23)n1. The number of carbonyl (C=O) groups is 1. The summed E-state index contributed by atoms with van der Waals surface area (Å²) in [5.74, 6) is 0.0414. The lowest BCUT2D eigenvalue weighted by atomic mass is 10.1. The predicted molar refractivity (Wildman–Crippen MR) is 99.3 cm³/mol. The number of aromatic amines is 1. The average molecular weight is 355 g/mol. The summed E-state index contributed by atoms with van der Waals surface area (Å²) < 4.78 is 4.98. The normalized spacial score (nSPS) is 11.9. The van der Waals surface area contributed by atoms with Gasteiger partial charge in [-0.05, 0) is 18.4 Å². The average Bonchev–Trinajstić information content (AvgIpc) is 2.61. The standard InChI is InChI=1S/C18H17N3O3S/c1-11(25-18-20-15(22)10-16(21-18)24-2)17(23)19-14-9-5-7-12-6-3-4-8-13(12)14/h3-11H,1-2H3,(H,19,23)(H,20,21,22)/t11-/m0/s1. The number of ether oxygens (including phenoxy) is 1. The smallest absolute Gasteiger partial charge is 0.255 e. The molecule has 0 aliphatic carbocycles. The molecular formula is C18H17N3O3S. The van der Waals surface area contributed by atoms with Crippen LogP contribution >= 0.6 is 11.8 Å². The van der Waals surface area contributed by atoms with E-state index >= 15 is 0 Å². The Labute approximate surface area is 148 Å². The van der Waals surface area contributed by atoms with Crippen LogP contribution in [0.1, 0.15) is 6.92 Å². The summed E-state index contributed by atoms with van der Waals surface area (Å²) in [6.45, 7) is 1.75. The molecule has 1 heterocycles. The number of carbonyl (C=O) groups excluding carboxylic acids is 1. The van der Waals surface area contributed by atoms with Crippen molar-refractivity contribution in [3.05, 3.63) is 58.9 Å². The van der Waals surface area contributed by atoms with Gasteiger partial charge in [-0.15, -0.1) is 0 Å². The maximum absolute atomic E-state index is 12.5. The molecule has 2 N–H and O–H groups in total. The lowest BCUT2D eigenvalue weighted by Crippen LogP contribution is -2.23. The van der Waals surface area contributed by atoms with Crippen molar-refractivity contribution in [2.75, 3.05) is 12.4 Å². The number of hydrogen-bond acceptors (Lipinski definition) is 5. The first kappa shape index (κ1) is 17.0. The number of aromatic nitrogens is 2. The lowest BCUT2D eigenvalue weighted by molar-refractivity contribution is -0.115. The van der Waals surface area contributed by atoms with E-state index < -0.39 is 5.25 Å². The molecule has 0 unspecified atom stereocenters. The molecule has 128 valence electrons. The monoisotopic (exact) mass is 355 g/mol. The Morgan fingerprint density at radius 2 is 2.00 bits per heavy atom. The van der Waals surface area contributed by atoms with Crippen LogP contribution in [-0.2, 0) is 4.79 Å². The van der Waals surface area contributed by atoms with Crippen molar-refractivity contribution in [3.63, 3.8) is 0 Å². The summed E-state index contributed by atoms with van der Waals surface area (Å²) >= 11 is 1.16. The van der Waals surface area contributed by atoms with Gasteiger partial charge in [-0.25, -0.2) is 0 Å². The maximum atomic E-state index is 12.5. The molecule has 7 heteroatoms. The van der Waals surface area contributed by atoms with Gasteiger partial charge in [0.1, 0.15) is 0 Å². The summed E-state index contributed by atoms with van der Waals surface area (Å²) in [5, 5.41) is 4.86. The highest BCUT2D eigenvalue weighted by Crippen LogP contribution is 2.25. The molecule has 0 fully saturated rings. The van der Waals surface area contributed by atoms with Crippen LogP contribution in [0.5, 0.6) is 5.88 Å². The van der Waals surface area contributed by atoms with Crippen LogP contribution in [0.25, 0.3) is 10.8 Å². The van der Waals surface area contributed by atoms with E-state index in [9.17, 15) is 9.59 Å². The fraction of sp³-hybridized carbons (Fsp3) is 0.167. The predicted octanol–water partition coefficient (Wildman–Crippen LogP) is 3.05. The van der Waals surface area contributed by atoms with Crippen molar-refractivity contribution in [1.82, 2.24) is 9.97 Å². The van der Waals surface area contributed by atoms with E-state index in [1.807, 2.05) is 42.5 Å². The fourth-order valence-corrected chi connectivity index (χ4v) is 3.17. The van der Waals surface area contributed by atoms with Crippen LogP contribution in [-0.4, -0.2) is 28.2 Å². The fourth-order valence-electron chi connectivity index (χ4n) is 2.36. The third-order valence-electron chi connectivity index (χ3n) is 3.61. The Balaban J connectivity index is 1.76. The summed E-state index contributed by atoms with van der Waals surface area (Å²) in [5.41, 5.74) is 0.429. The number of fused-ring (bicyclic) bond motifs is 1. The molecule has 25 heavy (non-hydrogen) atoms. The van der Waals surface area contributed by atoms with E-state index in [4.69, 9.17) is 4.74 Å². The zero-order valence-electron chi connectivity index (χ0n) is 13.8. The van der Waals surface area contributed by atoms with Gasteiger partial charge in [-0.3, -0.25) is 9.59 Å². The summed E-state index contributed by atoms with van der Waals surface area (Å²) in [6.07, 6.45) is 0. The zero-order valence-corrected chi connectivity index (χ0v) is 14.6. The van der Waals surface area contributed by atoms with E-state index in [-0.39, 0.29) is 17.3 Å². The van der Waals surface area contributed by atoms with Crippen molar-refractivity contribution in [2.24, 2.45) is 0 Å². The zero-order chi connectivity index (χ0) is 17.8. The third kappa shape index (κ3) is 4.00. The van der Waals surface area contributed by atoms with Gasteiger partial charge in [0.2, 0.25) is 11.8 Å². The summed E-state index contributed by atoms with van der Waals surface area (Å²) in [7, 11) is 1.44. The highest BCUT2D eigenvalue weighted by Gasteiger charge is 2.17. The van der Waals surface area contributed by atoms with Crippen LogP contribution < -0.4 is 15.6 Å². The van der Waals surface area contributed by atoms with Crippen LogP contribution in [0.3, 0.4) is 0 Å². The highest BCUT2D eigenvalue weighted by atomic mass is 32.2. The van der Waals surface area contributed by atoms with Crippen LogP contribution in [0.2, 0.25) is 0 Å². The lowest BCUT2D eigenvalue weighted by Gasteiger charge is -2.13. The second kappa shape index (κ2) is 7.40. The minimum Gasteiger partial charge on any atom is -0.481 e. The number of amides is 1. The number of nitrogens with zero attached hydrogens (tertiary/aromatic N) is 1. The van der Waals surface area contributed by atoms with Gasteiger partial charge in [0.25, 0.3) is 5.56 Å². The van der Waals surface area contributed by atoms with E-state index in [0.29, 0.717) is 5.16 Å². The topological polar surface area (TPSA) is 84.1 Å². The number of methoxy groups -OCH3 is 1. The number of nitrogens with one attached hydrogen (secondary N) is 2. The molecule has 6 nitrogen and oxygen atoms in total. The van der Waals surface area contributed by atoms with Crippen LogP contribution in [0.15, 0.2) is 58.5 Å². The minimum absolute atomic E-state index is 0.174. The van der Waals surface area contributed by atoms with Crippen LogP contribution in [0.4, 0.5) is 5.69 Å². The molecule has 3 rings (SSSR count). The molecule has 2 aromatic carbocycles. The van der Waals surface area contributed by atoms with Crippen molar-refractivity contribution in [3.8, 4) is 5.88 Å². The van der Waals surface area contributed by atoms with Gasteiger partial charge in [-0.2, -0.15) is 4.98 Å². The molecule has 0 spiro atoms. The van der Waals surface area contributed by atoms with E-state index in [1.165, 1.54) is 13.2 Å². The molecule has 1 atom stereocenters.